The Labute approximate surface area is 97.4 Å². The van der Waals surface area contributed by atoms with Crippen LogP contribution in [0.25, 0.3) is 5.70 Å². The highest BCUT2D eigenvalue weighted by molar-refractivity contribution is 6.22. The lowest BCUT2D eigenvalue weighted by molar-refractivity contribution is 0.582. The predicted octanol–water partition coefficient (Wildman–Crippen LogP) is 3.42. The topological polar surface area (TPSA) is 12.0 Å². The van der Waals surface area contributed by atoms with Gasteiger partial charge in [0, 0.05) is 23.0 Å². The molecule has 0 spiro atoms. The van der Waals surface area contributed by atoms with Crippen LogP contribution >= 0.6 is 11.6 Å². The fourth-order valence-electron chi connectivity index (χ4n) is 1.57. The zero-order valence-electron chi connectivity index (χ0n) is 8.43. The molecule has 0 aliphatic carbocycles. The van der Waals surface area contributed by atoms with Crippen LogP contribution < -0.4 is 5.32 Å². The Hall–Kier alpha value is -1.35. The number of nitrogens with one attached hydrogen (secondary N) is 1. The molecule has 2 rings (SSSR count). The third-order valence-corrected chi connectivity index (χ3v) is 2.82. The van der Waals surface area contributed by atoms with E-state index < -0.39 is 11.6 Å². The van der Waals surface area contributed by atoms with E-state index in [1.807, 2.05) is 0 Å². The first kappa shape index (κ1) is 11.1. The van der Waals surface area contributed by atoms with Crippen molar-refractivity contribution in [2.45, 2.75) is 11.8 Å². The average molecular weight is 242 g/mol. The van der Waals surface area contributed by atoms with Gasteiger partial charge in [-0.2, -0.15) is 0 Å². The molecular formula is C12H10ClF2N. The summed E-state index contributed by atoms with van der Waals surface area (Å²) >= 11 is 5.93. The van der Waals surface area contributed by atoms with E-state index in [2.05, 4.69) is 11.9 Å². The highest BCUT2D eigenvalue weighted by Crippen LogP contribution is 2.24. The van der Waals surface area contributed by atoms with Gasteiger partial charge in [0.05, 0.1) is 5.38 Å². The van der Waals surface area contributed by atoms with Crippen molar-refractivity contribution in [1.29, 1.82) is 0 Å². The van der Waals surface area contributed by atoms with Gasteiger partial charge in [-0.05, 0) is 18.6 Å². The fraction of sp³-hybridized carbons (Fsp3) is 0.167. The molecule has 0 saturated heterocycles. The molecule has 1 aromatic rings. The SMILES string of the molecule is C=C1NC(c2cc(F)cc(F)c2)=CCC1Cl. The van der Waals surface area contributed by atoms with E-state index in [0.29, 0.717) is 23.4 Å². The van der Waals surface area contributed by atoms with Crippen LogP contribution in [0.1, 0.15) is 12.0 Å². The zero-order chi connectivity index (χ0) is 11.7. The lowest BCUT2D eigenvalue weighted by atomic mass is 10.1. The number of alkyl halides is 1. The molecule has 1 aliphatic rings. The van der Waals surface area contributed by atoms with Crippen molar-refractivity contribution in [2.75, 3.05) is 0 Å². The van der Waals surface area contributed by atoms with Crippen molar-refractivity contribution >= 4 is 17.3 Å². The maximum Gasteiger partial charge on any atom is 0.126 e. The molecule has 16 heavy (non-hydrogen) atoms. The van der Waals surface area contributed by atoms with Crippen LogP contribution in [0.15, 0.2) is 36.6 Å². The van der Waals surface area contributed by atoms with Crippen molar-refractivity contribution in [2.24, 2.45) is 0 Å². The smallest absolute Gasteiger partial charge is 0.126 e. The second kappa shape index (κ2) is 4.26. The Kier molecular flexibility index (Phi) is 2.97. The summed E-state index contributed by atoms with van der Waals surface area (Å²) in [6, 6.07) is 3.37. The number of hydrogen-bond donors (Lipinski definition) is 1. The molecule has 1 heterocycles. The van der Waals surface area contributed by atoms with Gasteiger partial charge >= 0.3 is 0 Å². The Morgan fingerprint density at radius 3 is 2.44 bits per heavy atom. The van der Waals surface area contributed by atoms with Crippen molar-refractivity contribution in [3.8, 4) is 0 Å². The summed E-state index contributed by atoms with van der Waals surface area (Å²) in [7, 11) is 0. The Balaban J connectivity index is 2.34. The maximum absolute atomic E-state index is 13.0. The summed E-state index contributed by atoms with van der Waals surface area (Å²) in [6.07, 6.45) is 2.40. The molecule has 1 aromatic carbocycles. The van der Waals surface area contributed by atoms with E-state index in [1.54, 1.807) is 6.08 Å². The molecule has 84 valence electrons. The molecule has 1 aliphatic heterocycles. The van der Waals surface area contributed by atoms with Gasteiger partial charge in [0.1, 0.15) is 11.6 Å². The molecule has 1 unspecified atom stereocenters. The lowest BCUT2D eigenvalue weighted by Gasteiger charge is -2.22. The van der Waals surface area contributed by atoms with E-state index >= 15 is 0 Å². The first-order chi connectivity index (χ1) is 7.56. The second-order valence-corrected chi connectivity index (χ2v) is 4.16. The van der Waals surface area contributed by atoms with Crippen molar-refractivity contribution in [1.82, 2.24) is 5.32 Å². The molecule has 1 N–H and O–H groups in total. The highest BCUT2D eigenvalue weighted by atomic mass is 35.5. The minimum atomic E-state index is -0.601. The van der Waals surface area contributed by atoms with Gasteiger partial charge in [0.2, 0.25) is 0 Å². The molecular weight excluding hydrogens is 232 g/mol. The molecule has 0 amide bonds. The van der Waals surface area contributed by atoms with Crippen LogP contribution in [-0.2, 0) is 0 Å². The summed E-state index contributed by atoms with van der Waals surface area (Å²) in [5.41, 5.74) is 1.74. The van der Waals surface area contributed by atoms with Gasteiger partial charge in [0.25, 0.3) is 0 Å². The summed E-state index contributed by atoms with van der Waals surface area (Å²) in [5, 5.41) is 2.76. The molecule has 0 aromatic heterocycles. The van der Waals surface area contributed by atoms with E-state index in [9.17, 15) is 8.78 Å². The molecule has 1 nitrogen and oxygen atoms in total. The monoisotopic (exact) mass is 241 g/mol. The number of benzene rings is 1. The van der Waals surface area contributed by atoms with Gasteiger partial charge in [-0.1, -0.05) is 12.7 Å². The predicted molar refractivity (Wildman–Crippen MR) is 60.9 cm³/mol. The van der Waals surface area contributed by atoms with E-state index in [-0.39, 0.29) is 5.38 Å². The minimum absolute atomic E-state index is 0.179. The first-order valence-corrected chi connectivity index (χ1v) is 5.26. The first-order valence-electron chi connectivity index (χ1n) is 4.83. The van der Waals surface area contributed by atoms with Gasteiger partial charge < -0.3 is 5.32 Å². The minimum Gasteiger partial charge on any atom is -0.358 e. The summed E-state index contributed by atoms with van der Waals surface area (Å²) in [5.74, 6) is -1.20. The van der Waals surface area contributed by atoms with Crippen molar-refractivity contribution in [3.05, 3.63) is 53.7 Å². The average Bonchev–Trinajstić information content (AvgIpc) is 2.20. The Morgan fingerprint density at radius 1 is 1.25 bits per heavy atom. The van der Waals surface area contributed by atoms with E-state index in [1.165, 1.54) is 12.1 Å². The van der Waals surface area contributed by atoms with Crippen LogP contribution in [0.4, 0.5) is 8.78 Å². The quantitative estimate of drug-likeness (QED) is 0.743. The third kappa shape index (κ3) is 2.25. The molecule has 0 radical (unpaired) electrons. The largest absolute Gasteiger partial charge is 0.358 e. The summed E-state index contributed by atoms with van der Waals surface area (Å²) in [4.78, 5) is 0. The van der Waals surface area contributed by atoms with E-state index in [0.717, 1.165) is 6.07 Å². The van der Waals surface area contributed by atoms with Gasteiger partial charge in [-0.25, -0.2) is 8.78 Å². The molecule has 1 atom stereocenters. The molecule has 4 heteroatoms. The number of halogens is 3. The molecule has 0 saturated carbocycles. The van der Waals surface area contributed by atoms with Gasteiger partial charge in [-0.15, -0.1) is 11.6 Å². The van der Waals surface area contributed by atoms with Crippen molar-refractivity contribution < 1.29 is 8.78 Å². The van der Waals surface area contributed by atoms with Crippen LogP contribution in [0.2, 0.25) is 0 Å². The molecule has 0 fully saturated rings. The second-order valence-electron chi connectivity index (χ2n) is 3.63. The van der Waals surface area contributed by atoms with Crippen molar-refractivity contribution in [3.63, 3.8) is 0 Å². The van der Waals surface area contributed by atoms with Crippen LogP contribution in [0, 0.1) is 11.6 Å². The normalized spacial score (nSPS) is 20.3. The van der Waals surface area contributed by atoms with Crippen LogP contribution in [-0.4, -0.2) is 5.38 Å². The van der Waals surface area contributed by atoms with E-state index in [4.69, 9.17) is 11.6 Å². The van der Waals surface area contributed by atoms with Crippen LogP contribution in [0.5, 0.6) is 0 Å². The van der Waals surface area contributed by atoms with Crippen LogP contribution in [0.3, 0.4) is 0 Å². The lowest BCUT2D eigenvalue weighted by Crippen LogP contribution is -2.23. The Bertz CT molecular complexity index is 448. The van der Waals surface area contributed by atoms with Gasteiger partial charge in [0.15, 0.2) is 0 Å². The Morgan fingerprint density at radius 2 is 1.88 bits per heavy atom. The zero-order valence-corrected chi connectivity index (χ0v) is 9.19. The maximum atomic E-state index is 13.0. The highest BCUT2D eigenvalue weighted by Gasteiger charge is 2.16. The number of rotatable bonds is 1. The van der Waals surface area contributed by atoms with Gasteiger partial charge in [-0.3, -0.25) is 0 Å². The third-order valence-electron chi connectivity index (χ3n) is 2.38. The fourth-order valence-corrected chi connectivity index (χ4v) is 1.71. The summed E-state index contributed by atoms with van der Waals surface area (Å²) in [6.45, 7) is 3.74. The standard InChI is InChI=1S/C12H10ClF2N/c1-7-11(13)2-3-12(16-7)8-4-9(14)6-10(15)5-8/h3-6,11,16H,1-2H2. The molecule has 0 bridgehead atoms. The number of hydrogen-bond acceptors (Lipinski definition) is 1. The number of allylic oxidation sites excluding steroid dienone is 2. The summed E-state index contributed by atoms with van der Waals surface area (Å²) < 4.78 is 26.0.